The minimum Gasteiger partial charge on any atom is -0.478 e. The molecule has 20 heavy (non-hydrogen) atoms. The van der Waals surface area contributed by atoms with Crippen LogP contribution in [0.2, 0.25) is 0 Å². The zero-order valence-electron chi connectivity index (χ0n) is 11.1. The molecule has 1 heterocycles. The van der Waals surface area contributed by atoms with Gasteiger partial charge in [0.15, 0.2) is 0 Å². The molecule has 0 aliphatic carbocycles. The Morgan fingerprint density at radius 3 is 2.85 bits per heavy atom. The van der Waals surface area contributed by atoms with Crippen LogP contribution in [0.25, 0.3) is 10.9 Å². The number of fused-ring (bicyclic) bond motifs is 1. The van der Waals surface area contributed by atoms with Gasteiger partial charge in [0.25, 0.3) is 0 Å². The first-order valence-electron chi connectivity index (χ1n) is 6.25. The Kier molecular flexibility index (Phi) is 4.68. The Balaban J connectivity index is 2.23. The summed E-state index contributed by atoms with van der Waals surface area (Å²) in [5, 5.41) is 13.1. The molecule has 1 aromatic heterocycles. The van der Waals surface area contributed by atoms with Gasteiger partial charge >= 0.3 is 5.97 Å². The fraction of sp³-hybridized carbons (Fsp3) is 0.286. The average molecular weight is 292 g/mol. The monoisotopic (exact) mass is 292 g/mol. The highest BCUT2D eigenvalue weighted by Gasteiger charge is 2.12. The van der Waals surface area contributed by atoms with Gasteiger partial charge in [0, 0.05) is 34.7 Å². The molecule has 0 aliphatic rings. The molecule has 2 N–H and O–H groups in total. The van der Waals surface area contributed by atoms with Gasteiger partial charge in [-0.2, -0.15) is 0 Å². The van der Waals surface area contributed by atoms with Gasteiger partial charge in [-0.3, -0.25) is 4.21 Å². The average Bonchev–Trinajstić information content (AvgIpc) is 2.42. The number of carboxylic acids is 1. The highest BCUT2D eigenvalue weighted by molar-refractivity contribution is 7.84. The molecule has 6 heteroatoms. The van der Waals surface area contributed by atoms with E-state index in [1.54, 1.807) is 12.3 Å². The van der Waals surface area contributed by atoms with Gasteiger partial charge in [-0.15, -0.1) is 0 Å². The Labute approximate surface area is 119 Å². The van der Waals surface area contributed by atoms with Crippen LogP contribution in [0.15, 0.2) is 30.3 Å². The summed E-state index contributed by atoms with van der Waals surface area (Å²) in [6.07, 6.45) is 2.35. The second-order valence-electron chi connectivity index (χ2n) is 4.44. The Morgan fingerprint density at radius 1 is 1.40 bits per heavy atom. The van der Waals surface area contributed by atoms with Gasteiger partial charge in [-0.25, -0.2) is 9.78 Å². The number of aromatic nitrogens is 1. The smallest absolute Gasteiger partial charge is 0.339 e. The van der Waals surface area contributed by atoms with E-state index in [9.17, 15) is 14.1 Å². The first-order chi connectivity index (χ1) is 9.58. The number of aromatic carboxylic acids is 1. The molecule has 0 radical (unpaired) electrons. The Hall–Kier alpha value is -1.95. The molecule has 0 aliphatic heterocycles. The Morgan fingerprint density at radius 2 is 2.15 bits per heavy atom. The largest absolute Gasteiger partial charge is 0.478 e. The minimum absolute atomic E-state index is 0.154. The second-order valence-corrected chi connectivity index (χ2v) is 5.99. The predicted octanol–water partition coefficient (Wildman–Crippen LogP) is 2.11. The number of nitrogens with one attached hydrogen (secondary N) is 1. The number of hydrogen-bond donors (Lipinski definition) is 2. The minimum atomic E-state index is -1.01. The number of carbonyl (C=O) groups is 1. The van der Waals surface area contributed by atoms with Gasteiger partial charge in [0.05, 0.1) is 5.52 Å². The van der Waals surface area contributed by atoms with Crippen LogP contribution < -0.4 is 5.32 Å². The summed E-state index contributed by atoms with van der Waals surface area (Å²) in [7, 11) is -0.837. The summed E-state index contributed by atoms with van der Waals surface area (Å²) < 4.78 is 11.0. The molecule has 0 spiro atoms. The maximum atomic E-state index is 11.3. The second kappa shape index (κ2) is 6.47. The lowest BCUT2D eigenvalue weighted by Gasteiger charge is -2.09. The third kappa shape index (κ3) is 3.54. The topological polar surface area (TPSA) is 79.3 Å². The number of rotatable bonds is 6. The van der Waals surface area contributed by atoms with Crippen LogP contribution in [0.1, 0.15) is 16.8 Å². The summed E-state index contributed by atoms with van der Waals surface area (Å²) in [4.78, 5) is 15.6. The first kappa shape index (κ1) is 14.5. The fourth-order valence-electron chi connectivity index (χ4n) is 1.90. The van der Waals surface area contributed by atoms with Gasteiger partial charge < -0.3 is 10.4 Å². The fourth-order valence-corrected chi connectivity index (χ4v) is 2.45. The molecule has 5 nitrogen and oxygen atoms in total. The van der Waals surface area contributed by atoms with E-state index in [2.05, 4.69) is 10.3 Å². The van der Waals surface area contributed by atoms with E-state index >= 15 is 0 Å². The number of anilines is 1. The normalized spacial score (nSPS) is 12.2. The van der Waals surface area contributed by atoms with Crippen LogP contribution in [-0.2, 0) is 10.8 Å². The van der Waals surface area contributed by atoms with Crippen molar-refractivity contribution in [3.8, 4) is 0 Å². The van der Waals surface area contributed by atoms with Crippen molar-refractivity contribution in [1.29, 1.82) is 0 Å². The van der Waals surface area contributed by atoms with E-state index < -0.39 is 16.8 Å². The van der Waals surface area contributed by atoms with Gasteiger partial charge in [-0.1, -0.05) is 18.2 Å². The van der Waals surface area contributed by atoms with Gasteiger partial charge in [0.1, 0.15) is 11.4 Å². The van der Waals surface area contributed by atoms with E-state index in [-0.39, 0.29) is 5.56 Å². The molecular formula is C14H16N2O3S. The number of carboxylic acid groups (broad SMARTS) is 1. The van der Waals surface area contributed by atoms with Crippen LogP contribution in [0.5, 0.6) is 0 Å². The summed E-state index contributed by atoms with van der Waals surface area (Å²) in [5.41, 5.74) is 0.903. The summed E-state index contributed by atoms with van der Waals surface area (Å²) in [6, 6.07) is 9.00. The van der Waals surface area contributed by atoms with Crippen molar-refractivity contribution < 1.29 is 14.1 Å². The van der Waals surface area contributed by atoms with Crippen molar-refractivity contribution >= 4 is 33.5 Å². The van der Waals surface area contributed by atoms with Crippen LogP contribution in [-0.4, -0.2) is 38.8 Å². The number of nitrogens with zero attached hydrogens (tertiary/aromatic N) is 1. The SMILES string of the molecule is CS(=O)CCCNc1nc2ccccc2cc1C(=O)O. The van der Waals surface area contributed by atoms with Crippen LogP contribution in [0, 0.1) is 0 Å². The van der Waals surface area contributed by atoms with E-state index in [0.29, 0.717) is 24.5 Å². The maximum Gasteiger partial charge on any atom is 0.339 e. The zero-order valence-corrected chi connectivity index (χ0v) is 11.9. The molecule has 0 saturated carbocycles. The predicted molar refractivity (Wildman–Crippen MR) is 80.7 cm³/mol. The first-order valence-corrected chi connectivity index (χ1v) is 7.97. The maximum absolute atomic E-state index is 11.3. The van der Waals surface area contributed by atoms with Crippen molar-refractivity contribution in [2.75, 3.05) is 23.9 Å². The van der Waals surface area contributed by atoms with Crippen molar-refractivity contribution in [3.05, 3.63) is 35.9 Å². The number of hydrogen-bond acceptors (Lipinski definition) is 4. The molecule has 2 aromatic rings. The standard InChI is InChI=1S/C14H16N2O3S/c1-20(19)8-4-7-15-13-11(14(17)18)9-10-5-2-3-6-12(10)16-13/h2-3,5-6,9H,4,7-8H2,1H3,(H,15,16)(H,17,18). The number of para-hydroxylation sites is 1. The van der Waals surface area contributed by atoms with E-state index in [1.807, 2.05) is 24.3 Å². The third-order valence-corrected chi connectivity index (χ3v) is 3.72. The molecule has 0 saturated heterocycles. The van der Waals surface area contributed by atoms with Gasteiger partial charge in [-0.05, 0) is 18.6 Å². The highest BCUT2D eigenvalue weighted by Crippen LogP contribution is 2.20. The molecule has 1 atom stereocenters. The van der Waals surface area contributed by atoms with E-state index in [0.717, 1.165) is 10.9 Å². The van der Waals surface area contributed by atoms with Crippen molar-refractivity contribution in [3.63, 3.8) is 0 Å². The number of pyridine rings is 1. The molecule has 0 fully saturated rings. The zero-order chi connectivity index (χ0) is 14.5. The van der Waals surface area contributed by atoms with Crippen LogP contribution in [0.3, 0.4) is 0 Å². The van der Waals surface area contributed by atoms with Gasteiger partial charge in [0.2, 0.25) is 0 Å². The van der Waals surface area contributed by atoms with Crippen LogP contribution in [0.4, 0.5) is 5.82 Å². The van der Waals surface area contributed by atoms with Crippen molar-refractivity contribution in [2.24, 2.45) is 0 Å². The lowest BCUT2D eigenvalue weighted by molar-refractivity contribution is 0.0697. The van der Waals surface area contributed by atoms with E-state index in [1.165, 1.54) is 0 Å². The summed E-state index contributed by atoms with van der Waals surface area (Å²) >= 11 is 0. The molecular weight excluding hydrogens is 276 g/mol. The Bertz CT molecular complexity index is 658. The number of benzene rings is 1. The molecule has 1 unspecified atom stereocenters. The van der Waals surface area contributed by atoms with Crippen LogP contribution >= 0.6 is 0 Å². The molecule has 0 bridgehead atoms. The van der Waals surface area contributed by atoms with Crippen molar-refractivity contribution in [2.45, 2.75) is 6.42 Å². The summed E-state index contributed by atoms with van der Waals surface area (Å²) in [5.74, 6) is -0.0638. The molecule has 1 aromatic carbocycles. The molecule has 0 amide bonds. The molecule has 2 rings (SSSR count). The van der Waals surface area contributed by atoms with E-state index in [4.69, 9.17) is 0 Å². The molecule has 106 valence electrons. The van der Waals surface area contributed by atoms with Crippen molar-refractivity contribution in [1.82, 2.24) is 4.98 Å². The highest BCUT2D eigenvalue weighted by atomic mass is 32.2. The lowest BCUT2D eigenvalue weighted by Crippen LogP contribution is -2.11. The summed E-state index contributed by atoms with van der Waals surface area (Å²) in [6.45, 7) is 0.547. The quantitative estimate of drug-likeness (QED) is 0.797. The third-order valence-electron chi connectivity index (χ3n) is 2.86. The lowest BCUT2D eigenvalue weighted by atomic mass is 10.1.